The Balaban J connectivity index is 1.77. The fourth-order valence-corrected chi connectivity index (χ4v) is 5.23. The fraction of sp³-hybridized carbons (Fsp3) is 0.562. The van der Waals surface area contributed by atoms with E-state index in [0.717, 1.165) is 37.2 Å². The zero-order chi connectivity index (χ0) is 14.9. The van der Waals surface area contributed by atoms with Gasteiger partial charge in [0.1, 0.15) is 5.82 Å². The van der Waals surface area contributed by atoms with E-state index in [2.05, 4.69) is 0 Å². The molecule has 0 N–H and O–H groups in total. The Morgan fingerprint density at radius 3 is 2.86 bits per heavy atom. The van der Waals surface area contributed by atoms with Gasteiger partial charge in [0.25, 0.3) is 0 Å². The van der Waals surface area contributed by atoms with Crippen molar-refractivity contribution in [2.75, 3.05) is 18.1 Å². The van der Waals surface area contributed by atoms with Gasteiger partial charge in [0.2, 0.25) is 0 Å². The van der Waals surface area contributed by atoms with Crippen molar-refractivity contribution in [3.63, 3.8) is 0 Å². The smallest absolute Gasteiger partial charge is 0.167 e. The maximum atomic E-state index is 13.2. The molecule has 0 aliphatic carbocycles. The van der Waals surface area contributed by atoms with Gasteiger partial charge < -0.3 is 4.74 Å². The molecule has 1 aromatic rings. The highest BCUT2D eigenvalue weighted by Crippen LogP contribution is 2.40. The molecule has 1 spiro atoms. The van der Waals surface area contributed by atoms with Gasteiger partial charge in [0, 0.05) is 21.7 Å². The van der Waals surface area contributed by atoms with Crippen molar-refractivity contribution < 1.29 is 13.9 Å². The first-order valence-corrected chi connectivity index (χ1v) is 9.54. The monoisotopic (exact) mass is 420 g/mol. The maximum Gasteiger partial charge on any atom is 0.167 e. The highest BCUT2D eigenvalue weighted by molar-refractivity contribution is 14.1. The number of thioether (sulfide) groups is 1. The summed E-state index contributed by atoms with van der Waals surface area (Å²) in [5, 5.41) is 0. The third-order valence-corrected chi connectivity index (χ3v) is 6.34. The largest absolute Gasteiger partial charge is 0.375 e. The molecule has 114 valence electrons. The summed E-state index contributed by atoms with van der Waals surface area (Å²) in [7, 11) is 0. The Morgan fingerprint density at radius 1 is 1.38 bits per heavy atom. The molecule has 0 bridgehead atoms. The quantitative estimate of drug-likeness (QED) is 0.527. The predicted molar refractivity (Wildman–Crippen MR) is 91.4 cm³/mol. The van der Waals surface area contributed by atoms with Gasteiger partial charge in [0.05, 0.1) is 5.60 Å². The second-order valence-electron chi connectivity index (χ2n) is 5.82. The highest BCUT2D eigenvalue weighted by atomic mass is 127. The Hall–Kier alpha value is -0.140. The normalized spacial score (nSPS) is 25.0. The average Bonchev–Trinajstić information content (AvgIpc) is 2.47. The van der Waals surface area contributed by atoms with E-state index < -0.39 is 0 Å². The second kappa shape index (κ2) is 6.54. The summed E-state index contributed by atoms with van der Waals surface area (Å²) in [6, 6.07) is 4.43. The predicted octanol–water partition coefficient (Wildman–Crippen LogP) is 4.31. The van der Waals surface area contributed by atoms with Gasteiger partial charge >= 0.3 is 0 Å². The molecular weight excluding hydrogens is 402 g/mol. The third-order valence-electron chi connectivity index (χ3n) is 4.46. The zero-order valence-corrected chi connectivity index (χ0v) is 14.7. The number of hydrogen-bond acceptors (Lipinski definition) is 3. The number of Topliss-reactive ketones (excluding diaryl/α,β-unsaturated/α-hetero) is 1. The first kappa shape index (κ1) is 15.7. The van der Waals surface area contributed by atoms with Crippen molar-refractivity contribution in [2.24, 2.45) is 5.92 Å². The van der Waals surface area contributed by atoms with Crippen molar-refractivity contribution in [1.29, 1.82) is 0 Å². The van der Waals surface area contributed by atoms with Gasteiger partial charge in [-0.2, -0.15) is 11.8 Å². The summed E-state index contributed by atoms with van der Waals surface area (Å²) in [4.78, 5) is 12.8. The molecule has 1 aromatic carbocycles. The molecule has 2 saturated heterocycles. The molecule has 2 aliphatic rings. The van der Waals surface area contributed by atoms with E-state index in [0.29, 0.717) is 15.7 Å². The summed E-state index contributed by atoms with van der Waals surface area (Å²) >= 11 is 4.01. The molecule has 0 aromatic heterocycles. The van der Waals surface area contributed by atoms with Gasteiger partial charge in [-0.05, 0) is 78.0 Å². The van der Waals surface area contributed by atoms with E-state index in [4.69, 9.17) is 4.74 Å². The summed E-state index contributed by atoms with van der Waals surface area (Å²) in [6.45, 7) is 0.666. The average molecular weight is 420 g/mol. The Kier molecular flexibility index (Phi) is 4.90. The molecule has 0 radical (unpaired) electrons. The number of ether oxygens (including phenoxy) is 1. The number of hydrogen-bond donors (Lipinski definition) is 0. The highest BCUT2D eigenvalue weighted by Gasteiger charge is 2.41. The van der Waals surface area contributed by atoms with Crippen molar-refractivity contribution in [2.45, 2.75) is 31.3 Å². The van der Waals surface area contributed by atoms with Crippen LogP contribution in [0.5, 0.6) is 0 Å². The van der Waals surface area contributed by atoms with Crippen molar-refractivity contribution in [3.8, 4) is 0 Å². The van der Waals surface area contributed by atoms with Crippen LogP contribution < -0.4 is 0 Å². The Labute approximate surface area is 142 Å². The van der Waals surface area contributed by atoms with Crippen LogP contribution >= 0.6 is 34.4 Å². The SMILES string of the molecule is O=C(c1ccc(F)cc1I)C1CCOC2(CCSCC2)C1. The first-order chi connectivity index (χ1) is 10.1. The minimum Gasteiger partial charge on any atom is -0.375 e. The van der Waals surface area contributed by atoms with E-state index in [1.54, 1.807) is 6.07 Å². The third kappa shape index (κ3) is 3.45. The summed E-state index contributed by atoms with van der Waals surface area (Å²) < 4.78 is 20.0. The van der Waals surface area contributed by atoms with Crippen molar-refractivity contribution >= 4 is 40.1 Å². The Bertz CT molecular complexity index is 538. The fourth-order valence-electron chi connectivity index (χ4n) is 3.25. The Morgan fingerprint density at radius 2 is 2.14 bits per heavy atom. The molecule has 0 amide bonds. The summed E-state index contributed by atoms with van der Waals surface area (Å²) in [5.41, 5.74) is 0.569. The molecule has 2 fully saturated rings. The minimum absolute atomic E-state index is 0.0147. The number of carbonyl (C=O) groups is 1. The first-order valence-electron chi connectivity index (χ1n) is 7.31. The van der Waals surface area contributed by atoms with E-state index in [1.807, 2.05) is 34.4 Å². The molecular formula is C16H18FIO2S. The van der Waals surface area contributed by atoms with Crippen LogP contribution in [0.25, 0.3) is 0 Å². The van der Waals surface area contributed by atoms with Crippen LogP contribution in [0.4, 0.5) is 4.39 Å². The minimum atomic E-state index is -0.288. The number of halogens is 2. The van der Waals surface area contributed by atoms with Crippen molar-refractivity contribution in [3.05, 3.63) is 33.1 Å². The van der Waals surface area contributed by atoms with E-state index in [-0.39, 0.29) is 23.1 Å². The van der Waals surface area contributed by atoms with Crippen LogP contribution in [0.2, 0.25) is 0 Å². The molecule has 21 heavy (non-hydrogen) atoms. The van der Waals surface area contributed by atoms with Crippen molar-refractivity contribution in [1.82, 2.24) is 0 Å². The summed E-state index contributed by atoms with van der Waals surface area (Å²) in [6.07, 6.45) is 3.69. The zero-order valence-electron chi connectivity index (χ0n) is 11.7. The topological polar surface area (TPSA) is 26.3 Å². The van der Waals surface area contributed by atoms with Crippen LogP contribution in [0.1, 0.15) is 36.0 Å². The molecule has 5 heteroatoms. The molecule has 2 nitrogen and oxygen atoms in total. The van der Waals surface area contributed by atoms with Gasteiger partial charge in [-0.1, -0.05) is 0 Å². The van der Waals surface area contributed by atoms with Gasteiger partial charge in [-0.3, -0.25) is 4.79 Å². The lowest BCUT2D eigenvalue weighted by atomic mass is 9.79. The van der Waals surface area contributed by atoms with Crippen LogP contribution in [0.3, 0.4) is 0 Å². The molecule has 0 saturated carbocycles. The van der Waals surface area contributed by atoms with E-state index >= 15 is 0 Å². The molecule has 1 unspecified atom stereocenters. The lowest BCUT2D eigenvalue weighted by Crippen LogP contribution is -2.44. The van der Waals surface area contributed by atoms with Crippen LogP contribution in [-0.2, 0) is 4.74 Å². The van der Waals surface area contributed by atoms with Crippen LogP contribution in [0.15, 0.2) is 18.2 Å². The van der Waals surface area contributed by atoms with Crippen LogP contribution in [-0.4, -0.2) is 29.5 Å². The van der Waals surface area contributed by atoms with Crippen LogP contribution in [0, 0.1) is 15.3 Å². The summed E-state index contributed by atoms with van der Waals surface area (Å²) in [5.74, 6) is 2.12. The molecule has 1 atom stereocenters. The standard InChI is InChI=1S/C16H18FIO2S/c17-12-1-2-13(14(18)9-12)15(19)11-3-6-20-16(10-11)4-7-21-8-5-16/h1-2,9,11H,3-8,10H2. The van der Waals surface area contributed by atoms with Gasteiger partial charge in [0.15, 0.2) is 5.78 Å². The molecule has 2 aliphatic heterocycles. The number of ketones is 1. The maximum absolute atomic E-state index is 13.2. The number of rotatable bonds is 2. The van der Waals surface area contributed by atoms with E-state index in [1.165, 1.54) is 12.1 Å². The molecule has 2 heterocycles. The number of carbonyl (C=O) groups excluding carboxylic acids is 1. The van der Waals surface area contributed by atoms with Gasteiger partial charge in [-0.15, -0.1) is 0 Å². The molecule has 3 rings (SSSR count). The lowest BCUT2D eigenvalue weighted by molar-refractivity contribution is -0.0959. The second-order valence-corrected chi connectivity index (χ2v) is 8.21. The number of benzene rings is 1. The lowest BCUT2D eigenvalue weighted by Gasteiger charge is -2.43. The van der Waals surface area contributed by atoms with Gasteiger partial charge in [-0.25, -0.2) is 4.39 Å². The van der Waals surface area contributed by atoms with E-state index in [9.17, 15) is 9.18 Å².